The highest BCUT2D eigenvalue weighted by Crippen LogP contribution is 2.42. The number of rotatable bonds is 5. The first-order valence-corrected chi connectivity index (χ1v) is 7.00. The minimum atomic E-state index is -3.70. The topological polar surface area (TPSA) is 55.8 Å². The molecule has 0 aliphatic heterocycles. The summed E-state index contributed by atoms with van der Waals surface area (Å²) in [5, 5.41) is 0.748. The fourth-order valence-electron chi connectivity index (χ4n) is 0.982. The van der Waals surface area contributed by atoms with E-state index < -0.39 is 13.9 Å². The van der Waals surface area contributed by atoms with Gasteiger partial charge in [-0.2, -0.15) is 0 Å². The molecule has 0 radical (unpaired) electrons. The quantitative estimate of drug-likeness (QED) is 0.840. The van der Waals surface area contributed by atoms with E-state index in [0.717, 1.165) is 0 Å². The van der Waals surface area contributed by atoms with Crippen LogP contribution < -0.4 is 4.74 Å². The van der Waals surface area contributed by atoms with Crippen molar-refractivity contribution >= 4 is 30.8 Å². The van der Waals surface area contributed by atoms with Crippen LogP contribution in [0.15, 0.2) is 18.2 Å². The van der Waals surface area contributed by atoms with Gasteiger partial charge in [0.05, 0.1) is 11.6 Å². The van der Waals surface area contributed by atoms with E-state index in [1.165, 1.54) is 12.1 Å². The summed E-state index contributed by atoms with van der Waals surface area (Å²) >= 11 is 11.5. The Hall–Kier alpha value is -0.250. The van der Waals surface area contributed by atoms with E-state index in [9.17, 15) is 9.46 Å². The highest BCUT2D eigenvalue weighted by molar-refractivity contribution is 7.52. The third-order valence-corrected chi connectivity index (χ3v) is 3.26. The average molecular weight is 285 g/mol. The van der Waals surface area contributed by atoms with Crippen LogP contribution in [0.3, 0.4) is 0 Å². The molecule has 1 N–H and O–H groups in total. The molecule has 0 saturated heterocycles. The first kappa shape index (κ1) is 13.8. The van der Waals surface area contributed by atoms with Crippen LogP contribution in [-0.4, -0.2) is 17.8 Å². The fraction of sp³-hybridized carbons (Fsp3) is 0.333. The molecule has 1 atom stereocenters. The van der Waals surface area contributed by atoms with Gasteiger partial charge in [0.1, 0.15) is 5.75 Å². The molecule has 0 bridgehead atoms. The van der Waals surface area contributed by atoms with E-state index in [1.54, 1.807) is 13.0 Å². The van der Waals surface area contributed by atoms with Gasteiger partial charge in [-0.25, -0.2) is 0 Å². The van der Waals surface area contributed by atoms with Crippen LogP contribution in [0.4, 0.5) is 0 Å². The zero-order valence-electron chi connectivity index (χ0n) is 8.52. The molecule has 0 aromatic heterocycles. The van der Waals surface area contributed by atoms with Gasteiger partial charge in [0, 0.05) is 5.02 Å². The van der Waals surface area contributed by atoms with Crippen molar-refractivity contribution in [1.29, 1.82) is 0 Å². The Labute approximate surface area is 104 Å². The van der Waals surface area contributed by atoms with Crippen LogP contribution in [0.5, 0.6) is 5.75 Å². The zero-order chi connectivity index (χ0) is 12.2. The predicted octanol–water partition coefficient (Wildman–Crippen LogP) is 3.55. The highest BCUT2D eigenvalue weighted by atomic mass is 35.5. The monoisotopic (exact) mass is 284 g/mol. The first-order valence-electron chi connectivity index (χ1n) is 4.49. The molecule has 90 valence electrons. The van der Waals surface area contributed by atoms with Gasteiger partial charge in [-0.3, -0.25) is 4.57 Å². The number of halogens is 2. The second-order valence-electron chi connectivity index (χ2n) is 2.90. The molecule has 0 fully saturated rings. The molecule has 0 spiro atoms. The zero-order valence-corrected chi connectivity index (χ0v) is 10.9. The van der Waals surface area contributed by atoms with Crippen molar-refractivity contribution < 1.29 is 18.7 Å². The normalized spacial score (nSPS) is 14.5. The van der Waals surface area contributed by atoms with E-state index in [0.29, 0.717) is 10.8 Å². The molecular weight excluding hydrogens is 274 g/mol. The lowest BCUT2D eigenvalue weighted by molar-refractivity contribution is 0.241. The largest absolute Gasteiger partial charge is 0.479 e. The average Bonchev–Trinajstić information content (AvgIpc) is 2.16. The van der Waals surface area contributed by atoms with E-state index >= 15 is 0 Å². The van der Waals surface area contributed by atoms with E-state index in [2.05, 4.69) is 4.52 Å². The Morgan fingerprint density at radius 1 is 1.44 bits per heavy atom. The van der Waals surface area contributed by atoms with Crippen molar-refractivity contribution in [1.82, 2.24) is 0 Å². The first-order chi connectivity index (χ1) is 7.44. The van der Waals surface area contributed by atoms with Gasteiger partial charge in [-0.05, 0) is 25.1 Å². The van der Waals surface area contributed by atoms with Crippen LogP contribution in [0.25, 0.3) is 0 Å². The second-order valence-corrected chi connectivity index (χ2v) is 5.54. The van der Waals surface area contributed by atoms with Crippen molar-refractivity contribution in [2.24, 2.45) is 0 Å². The van der Waals surface area contributed by atoms with Crippen LogP contribution in [0.2, 0.25) is 10.0 Å². The molecule has 7 heteroatoms. The summed E-state index contributed by atoms with van der Waals surface area (Å²) in [5.74, 6) is 0.292. The molecule has 4 nitrogen and oxygen atoms in total. The van der Waals surface area contributed by atoms with Crippen LogP contribution in [0, 0.1) is 0 Å². The maximum absolute atomic E-state index is 11.3. The number of ether oxygens (including phenoxy) is 1. The lowest BCUT2D eigenvalue weighted by atomic mass is 10.3. The van der Waals surface area contributed by atoms with E-state index in [-0.39, 0.29) is 11.6 Å². The number of hydrogen-bond acceptors (Lipinski definition) is 3. The molecule has 1 unspecified atom stereocenters. The minimum Gasteiger partial charge on any atom is -0.479 e. The third-order valence-electron chi connectivity index (χ3n) is 1.61. The van der Waals surface area contributed by atoms with E-state index in [4.69, 9.17) is 27.9 Å². The molecule has 1 rings (SSSR count). The standard InChI is InChI=1S/C9H11Cl2O4P/c1-2-15-16(12,13)6-14-9-4-3-7(10)5-8(9)11/h3-5H,2,6H2,1H3,(H,12,13). The van der Waals surface area contributed by atoms with E-state index in [1.807, 2.05) is 0 Å². The second kappa shape index (κ2) is 5.89. The lowest BCUT2D eigenvalue weighted by Gasteiger charge is -2.12. The third kappa shape index (κ3) is 4.32. The molecule has 0 aliphatic carbocycles. The minimum absolute atomic E-state index is 0.144. The molecule has 1 aromatic carbocycles. The van der Waals surface area contributed by atoms with Crippen molar-refractivity contribution in [3.8, 4) is 5.75 Å². The Balaban J connectivity index is 2.64. The summed E-state index contributed by atoms with van der Waals surface area (Å²) < 4.78 is 21.0. The summed E-state index contributed by atoms with van der Waals surface area (Å²) in [7, 11) is -3.70. The summed E-state index contributed by atoms with van der Waals surface area (Å²) in [6.07, 6.45) is -0.442. The van der Waals surface area contributed by atoms with Gasteiger partial charge >= 0.3 is 7.60 Å². The lowest BCUT2D eigenvalue weighted by Crippen LogP contribution is -2.02. The van der Waals surface area contributed by atoms with Gasteiger partial charge in [0.15, 0.2) is 6.35 Å². The van der Waals surface area contributed by atoms with Gasteiger partial charge in [0.2, 0.25) is 0 Å². The molecule has 1 aromatic rings. The van der Waals surface area contributed by atoms with Crippen molar-refractivity contribution in [2.75, 3.05) is 13.0 Å². The number of benzene rings is 1. The Bertz CT molecular complexity index is 410. The summed E-state index contributed by atoms with van der Waals surface area (Å²) in [6.45, 7) is 1.77. The molecule has 0 saturated carbocycles. The molecule has 16 heavy (non-hydrogen) atoms. The van der Waals surface area contributed by atoms with Crippen molar-refractivity contribution in [2.45, 2.75) is 6.92 Å². The van der Waals surface area contributed by atoms with Crippen molar-refractivity contribution in [3.63, 3.8) is 0 Å². The predicted molar refractivity (Wildman–Crippen MR) is 63.4 cm³/mol. The van der Waals surface area contributed by atoms with Crippen molar-refractivity contribution in [3.05, 3.63) is 28.2 Å². The summed E-state index contributed by atoms with van der Waals surface area (Å²) in [4.78, 5) is 9.26. The number of hydrogen-bond donors (Lipinski definition) is 1. The van der Waals surface area contributed by atoms with Crippen LogP contribution >= 0.6 is 30.8 Å². The fourth-order valence-corrected chi connectivity index (χ4v) is 2.23. The smallest absolute Gasteiger partial charge is 0.365 e. The van der Waals surface area contributed by atoms with Gasteiger partial charge in [-0.1, -0.05) is 23.2 Å². The molecule has 0 amide bonds. The van der Waals surface area contributed by atoms with Gasteiger partial charge in [0.25, 0.3) is 0 Å². The van der Waals surface area contributed by atoms with Crippen LogP contribution in [-0.2, 0) is 9.09 Å². The highest BCUT2D eigenvalue weighted by Gasteiger charge is 2.20. The molecular formula is C9H11Cl2O4P. The maximum Gasteiger partial charge on any atom is 0.365 e. The SMILES string of the molecule is CCOP(=O)(O)COc1ccc(Cl)cc1Cl. The molecule has 0 heterocycles. The van der Waals surface area contributed by atoms with Gasteiger partial charge < -0.3 is 14.2 Å². The maximum atomic E-state index is 11.3. The Kier molecular flexibility index (Phi) is 5.09. The van der Waals surface area contributed by atoms with Crippen LogP contribution in [0.1, 0.15) is 6.92 Å². The Morgan fingerprint density at radius 2 is 2.12 bits per heavy atom. The summed E-state index contributed by atoms with van der Waals surface area (Å²) in [6, 6.07) is 4.59. The molecule has 0 aliphatic rings. The Morgan fingerprint density at radius 3 is 2.69 bits per heavy atom. The summed E-state index contributed by atoms with van der Waals surface area (Å²) in [5.41, 5.74) is 0. The van der Waals surface area contributed by atoms with Gasteiger partial charge in [-0.15, -0.1) is 0 Å².